The first-order valence-electron chi connectivity index (χ1n) is 6.15. The molecule has 0 aliphatic carbocycles. The number of carbonyl (C=O) groups is 1. The van der Waals surface area contributed by atoms with E-state index in [4.69, 9.17) is 0 Å². The number of carbonyl (C=O) groups excluding carboxylic acids is 1. The molecule has 0 saturated carbocycles. The Balaban J connectivity index is 1.83. The number of amides is 1. The van der Waals surface area contributed by atoms with E-state index in [0.29, 0.717) is 6.54 Å². The van der Waals surface area contributed by atoms with E-state index in [2.05, 4.69) is 17.2 Å². The molecule has 18 heavy (non-hydrogen) atoms. The van der Waals surface area contributed by atoms with Gasteiger partial charge in [-0.3, -0.25) is 4.79 Å². The Morgan fingerprint density at radius 3 is 3.28 bits per heavy atom. The van der Waals surface area contributed by atoms with Gasteiger partial charge in [0.1, 0.15) is 0 Å². The highest BCUT2D eigenvalue weighted by atomic mass is 32.2. The van der Waals surface area contributed by atoms with Crippen molar-refractivity contribution in [1.82, 2.24) is 5.32 Å². The number of anilines is 1. The lowest BCUT2D eigenvalue weighted by molar-refractivity contribution is 0.0956. The van der Waals surface area contributed by atoms with E-state index in [1.165, 1.54) is 5.56 Å². The summed E-state index contributed by atoms with van der Waals surface area (Å²) in [4.78, 5) is 11.9. The number of rotatable bonds is 6. The maximum Gasteiger partial charge on any atom is 0.251 e. The molecule has 0 spiro atoms. The number of hydrogen-bond acceptors (Lipinski definition) is 3. The highest BCUT2D eigenvalue weighted by Crippen LogP contribution is 2.23. The maximum atomic E-state index is 11.9. The number of benzene rings is 1. The van der Waals surface area contributed by atoms with E-state index >= 15 is 0 Å². The van der Waals surface area contributed by atoms with Crippen molar-refractivity contribution >= 4 is 23.4 Å². The van der Waals surface area contributed by atoms with Crippen molar-refractivity contribution in [2.45, 2.75) is 6.42 Å². The lowest BCUT2D eigenvalue weighted by Crippen LogP contribution is -2.25. The highest BCUT2D eigenvalue weighted by Gasteiger charge is 2.12. The Morgan fingerprint density at radius 1 is 1.56 bits per heavy atom. The van der Waals surface area contributed by atoms with E-state index in [9.17, 15) is 4.79 Å². The predicted octanol–water partition coefficient (Wildman–Crippen LogP) is 2.30. The van der Waals surface area contributed by atoms with E-state index in [0.717, 1.165) is 35.7 Å². The molecule has 0 atom stereocenters. The zero-order valence-electron chi connectivity index (χ0n) is 10.4. The second-order valence-electron chi connectivity index (χ2n) is 4.17. The van der Waals surface area contributed by atoms with E-state index in [-0.39, 0.29) is 5.91 Å². The Hall–Kier alpha value is -1.42. The SMILES string of the molecule is C=CCSCCNC(=O)c1ccc2c(c1)NCC2. The molecule has 0 bridgehead atoms. The third-order valence-corrected chi connectivity index (χ3v) is 3.81. The third kappa shape index (κ3) is 3.29. The Bertz CT molecular complexity index is 445. The Kier molecular flexibility index (Phi) is 4.70. The predicted molar refractivity (Wildman–Crippen MR) is 78.5 cm³/mol. The standard InChI is InChI=1S/C14H18N2OS/c1-2-8-18-9-7-16-14(17)12-4-3-11-5-6-15-13(11)10-12/h2-4,10,15H,1,5-9H2,(H,16,17). The number of thioether (sulfide) groups is 1. The zero-order valence-corrected chi connectivity index (χ0v) is 11.2. The quantitative estimate of drug-likeness (QED) is 0.610. The van der Waals surface area contributed by atoms with Crippen LogP contribution < -0.4 is 10.6 Å². The third-order valence-electron chi connectivity index (χ3n) is 2.85. The molecule has 1 aromatic carbocycles. The van der Waals surface area contributed by atoms with Gasteiger partial charge in [0.15, 0.2) is 0 Å². The molecule has 1 aromatic rings. The Morgan fingerprint density at radius 2 is 2.44 bits per heavy atom. The fourth-order valence-corrected chi connectivity index (χ4v) is 2.52. The topological polar surface area (TPSA) is 41.1 Å². The van der Waals surface area contributed by atoms with Crippen molar-refractivity contribution in [2.24, 2.45) is 0 Å². The average molecular weight is 262 g/mol. The second-order valence-corrected chi connectivity index (χ2v) is 5.32. The summed E-state index contributed by atoms with van der Waals surface area (Å²) in [5, 5.41) is 6.21. The molecule has 2 N–H and O–H groups in total. The summed E-state index contributed by atoms with van der Waals surface area (Å²) in [6.07, 6.45) is 2.92. The first kappa shape index (κ1) is 13.0. The molecule has 1 aliphatic heterocycles. The van der Waals surface area contributed by atoms with Crippen molar-refractivity contribution in [3.05, 3.63) is 42.0 Å². The van der Waals surface area contributed by atoms with Crippen molar-refractivity contribution in [3.8, 4) is 0 Å². The number of nitrogens with one attached hydrogen (secondary N) is 2. The van der Waals surface area contributed by atoms with Gasteiger partial charge < -0.3 is 10.6 Å². The van der Waals surface area contributed by atoms with Crippen LogP contribution in [0.25, 0.3) is 0 Å². The summed E-state index contributed by atoms with van der Waals surface area (Å²) < 4.78 is 0. The van der Waals surface area contributed by atoms with Crippen LogP contribution in [0.2, 0.25) is 0 Å². The average Bonchev–Trinajstić information content (AvgIpc) is 2.85. The van der Waals surface area contributed by atoms with Crippen molar-refractivity contribution in [2.75, 3.05) is 29.9 Å². The number of hydrogen-bond donors (Lipinski definition) is 2. The van der Waals surface area contributed by atoms with Gasteiger partial charge in [-0.2, -0.15) is 11.8 Å². The fourth-order valence-electron chi connectivity index (χ4n) is 1.94. The summed E-state index contributed by atoms with van der Waals surface area (Å²) >= 11 is 1.77. The minimum Gasteiger partial charge on any atom is -0.384 e. The van der Waals surface area contributed by atoms with Crippen molar-refractivity contribution in [1.29, 1.82) is 0 Å². The summed E-state index contributed by atoms with van der Waals surface area (Å²) in [5.74, 6) is 1.85. The van der Waals surface area contributed by atoms with Gasteiger partial charge in [-0.05, 0) is 24.1 Å². The molecule has 0 aromatic heterocycles. The first-order valence-corrected chi connectivity index (χ1v) is 7.30. The van der Waals surface area contributed by atoms with E-state index < -0.39 is 0 Å². The largest absolute Gasteiger partial charge is 0.384 e. The monoisotopic (exact) mass is 262 g/mol. The minimum absolute atomic E-state index is 0.00528. The zero-order chi connectivity index (χ0) is 12.8. The lowest BCUT2D eigenvalue weighted by atomic mass is 10.1. The van der Waals surface area contributed by atoms with Crippen molar-refractivity contribution in [3.63, 3.8) is 0 Å². The molecule has 1 amide bonds. The van der Waals surface area contributed by atoms with Crippen LogP contribution in [-0.2, 0) is 6.42 Å². The minimum atomic E-state index is 0.00528. The summed E-state index contributed by atoms with van der Waals surface area (Å²) in [7, 11) is 0. The molecule has 0 fully saturated rings. The van der Waals surface area contributed by atoms with Gasteiger partial charge in [0.2, 0.25) is 0 Å². The van der Waals surface area contributed by atoms with Gasteiger partial charge in [-0.1, -0.05) is 12.1 Å². The van der Waals surface area contributed by atoms with Gasteiger partial charge >= 0.3 is 0 Å². The normalized spacial score (nSPS) is 12.7. The highest BCUT2D eigenvalue weighted by molar-refractivity contribution is 7.99. The molecular weight excluding hydrogens is 244 g/mol. The van der Waals surface area contributed by atoms with E-state index in [1.54, 1.807) is 11.8 Å². The van der Waals surface area contributed by atoms with E-state index in [1.807, 2.05) is 24.3 Å². The van der Waals surface area contributed by atoms with Crippen LogP contribution in [0.5, 0.6) is 0 Å². The lowest BCUT2D eigenvalue weighted by Gasteiger charge is -2.06. The Labute approximate surface area is 112 Å². The molecule has 96 valence electrons. The van der Waals surface area contributed by atoms with Crippen LogP contribution in [0.1, 0.15) is 15.9 Å². The van der Waals surface area contributed by atoms with Crippen LogP contribution in [0, 0.1) is 0 Å². The van der Waals surface area contributed by atoms with Crippen LogP contribution in [0.4, 0.5) is 5.69 Å². The second kappa shape index (κ2) is 6.50. The van der Waals surface area contributed by atoms with Gasteiger partial charge in [-0.15, -0.1) is 6.58 Å². The summed E-state index contributed by atoms with van der Waals surface area (Å²) in [6.45, 7) is 5.33. The molecule has 3 nitrogen and oxygen atoms in total. The first-order chi connectivity index (χ1) is 8.81. The van der Waals surface area contributed by atoms with Gasteiger partial charge in [0.25, 0.3) is 5.91 Å². The molecule has 4 heteroatoms. The maximum absolute atomic E-state index is 11.9. The molecule has 1 aliphatic rings. The molecule has 2 rings (SSSR count). The number of fused-ring (bicyclic) bond motifs is 1. The van der Waals surface area contributed by atoms with Crippen LogP contribution in [-0.4, -0.2) is 30.5 Å². The summed E-state index contributed by atoms with van der Waals surface area (Å²) in [5.41, 5.74) is 3.13. The van der Waals surface area contributed by atoms with Crippen molar-refractivity contribution < 1.29 is 4.79 Å². The van der Waals surface area contributed by atoms with Gasteiger partial charge in [-0.25, -0.2) is 0 Å². The fraction of sp³-hybridized carbons (Fsp3) is 0.357. The summed E-state index contributed by atoms with van der Waals surface area (Å²) in [6, 6.07) is 5.88. The molecule has 1 heterocycles. The van der Waals surface area contributed by atoms with Crippen LogP contribution >= 0.6 is 11.8 Å². The van der Waals surface area contributed by atoms with Gasteiger partial charge in [0, 0.05) is 35.8 Å². The smallest absolute Gasteiger partial charge is 0.251 e. The molecular formula is C14H18N2OS. The van der Waals surface area contributed by atoms with Crippen LogP contribution in [0.15, 0.2) is 30.9 Å². The molecule has 0 saturated heterocycles. The molecule has 0 radical (unpaired) electrons. The van der Waals surface area contributed by atoms with Gasteiger partial charge in [0.05, 0.1) is 0 Å². The van der Waals surface area contributed by atoms with Crippen LogP contribution in [0.3, 0.4) is 0 Å². The molecule has 0 unspecified atom stereocenters.